The van der Waals surface area contributed by atoms with E-state index in [0.717, 1.165) is 6.42 Å². The number of aryl methyl sites for hydroxylation is 2. The Bertz CT molecular complexity index is 458. The zero-order valence-corrected chi connectivity index (χ0v) is 11.6. The Morgan fingerprint density at radius 3 is 2.72 bits per heavy atom. The minimum Gasteiger partial charge on any atom is -0.364 e. The highest BCUT2D eigenvalue weighted by Crippen LogP contribution is 2.28. The molecule has 102 valence electrons. The van der Waals surface area contributed by atoms with Gasteiger partial charge in [0, 0.05) is 36.4 Å². The average Bonchev–Trinajstić information content (AvgIpc) is 2.55. The zero-order valence-electron chi connectivity index (χ0n) is 10.8. The molecule has 0 aliphatic heterocycles. The molecule has 0 saturated heterocycles. The van der Waals surface area contributed by atoms with Gasteiger partial charge in [0.15, 0.2) is 0 Å². The second-order valence-corrected chi connectivity index (χ2v) is 5.53. The van der Waals surface area contributed by atoms with E-state index in [1.54, 1.807) is 13.3 Å². The highest BCUT2D eigenvalue weighted by atomic mass is 32.2. The Morgan fingerprint density at radius 2 is 2.22 bits per heavy atom. The lowest BCUT2D eigenvalue weighted by Gasteiger charge is -2.04. The highest BCUT2D eigenvalue weighted by molar-refractivity contribution is 7.84. The van der Waals surface area contributed by atoms with Crippen molar-refractivity contribution in [1.29, 1.82) is 0 Å². The predicted octanol–water partition coefficient (Wildman–Crippen LogP) is 1.07. The van der Waals surface area contributed by atoms with E-state index < -0.39 is 15.7 Å². The summed E-state index contributed by atoms with van der Waals surface area (Å²) in [7, 11) is 0.742. The summed E-state index contributed by atoms with van der Waals surface area (Å²) in [6.45, 7) is 2.38. The first kappa shape index (κ1) is 14.6. The molecule has 0 saturated carbocycles. The molecule has 1 unspecified atom stereocenters. The number of nitrogens with zero attached hydrogens (tertiary/aromatic N) is 3. The Labute approximate surface area is 108 Å². The van der Waals surface area contributed by atoms with Crippen LogP contribution >= 0.6 is 0 Å². The molecule has 1 N–H and O–H groups in total. The van der Waals surface area contributed by atoms with Crippen LogP contribution in [-0.2, 0) is 24.3 Å². The largest absolute Gasteiger partial charge is 0.364 e. The Hall–Kier alpha value is -1.44. The number of aromatic nitrogens is 2. The zero-order chi connectivity index (χ0) is 13.7. The minimum atomic E-state index is -0.922. The van der Waals surface area contributed by atoms with Gasteiger partial charge in [0.25, 0.3) is 0 Å². The van der Waals surface area contributed by atoms with Crippen molar-refractivity contribution in [3.05, 3.63) is 15.8 Å². The molecule has 0 amide bonds. The fourth-order valence-corrected chi connectivity index (χ4v) is 2.07. The number of hydrogen-bond donors (Lipinski definition) is 1. The van der Waals surface area contributed by atoms with Gasteiger partial charge in [0.2, 0.25) is 5.82 Å². The van der Waals surface area contributed by atoms with Crippen molar-refractivity contribution >= 4 is 22.3 Å². The van der Waals surface area contributed by atoms with E-state index in [1.807, 2.05) is 6.92 Å². The highest BCUT2D eigenvalue weighted by Gasteiger charge is 2.25. The maximum atomic E-state index is 11.1. The Morgan fingerprint density at radius 1 is 1.56 bits per heavy atom. The van der Waals surface area contributed by atoms with Gasteiger partial charge >= 0.3 is 5.69 Å². The van der Waals surface area contributed by atoms with E-state index in [4.69, 9.17) is 0 Å². The van der Waals surface area contributed by atoms with Crippen molar-refractivity contribution in [2.45, 2.75) is 19.8 Å². The molecular formula is C10H18N4O3S. The number of hydrogen-bond acceptors (Lipinski definition) is 5. The van der Waals surface area contributed by atoms with Crippen molar-refractivity contribution in [3.8, 4) is 0 Å². The summed E-state index contributed by atoms with van der Waals surface area (Å²) in [5.41, 5.74) is 0.520. The number of nitro groups is 1. The third-order valence-corrected chi connectivity index (χ3v) is 3.22. The van der Waals surface area contributed by atoms with Crippen LogP contribution in [0.5, 0.6) is 0 Å². The molecule has 0 spiro atoms. The van der Waals surface area contributed by atoms with Crippen LogP contribution < -0.4 is 5.32 Å². The van der Waals surface area contributed by atoms with Crippen molar-refractivity contribution in [2.24, 2.45) is 7.05 Å². The third kappa shape index (κ3) is 3.52. The van der Waals surface area contributed by atoms with E-state index >= 15 is 0 Å². The molecule has 0 aliphatic rings. The summed E-state index contributed by atoms with van der Waals surface area (Å²) in [6, 6.07) is 0. The van der Waals surface area contributed by atoms with Crippen LogP contribution in [0, 0.1) is 10.1 Å². The molecule has 1 atom stereocenters. The van der Waals surface area contributed by atoms with Gasteiger partial charge < -0.3 is 5.32 Å². The van der Waals surface area contributed by atoms with Crippen LogP contribution in [0.4, 0.5) is 11.5 Å². The first-order valence-electron chi connectivity index (χ1n) is 5.71. The Kier molecular flexibility index (Phi) is 5.26. The molecule has 0 radical (unpaired) electrons. The van der Waals surface area contributed by atoms with Crippen LogP contribution in [0.3, 0.4) is 0 Å². The van der Waals surface area contributed by atoms with E-state index in [0.29, 0.717) is 30.2 Å². The number of nitrogens with one attached hydrogen (secondary N) is 1. The fourth-order valence-electron chi connectivity index (χ4n) is 1.68. The van der Waals surface area contributed by atoms with E-state index in [2.05, 4.69) is 10.4 Å². The maximum absolute atomic E-state index is 11.1. The molecular weight excluding hydrogens is 256 g/mol. The van der Waals surface area contributed by atoms with E-state index in [9.17, 15) is 14.3 Å². The Balaban J connectivity index is 2.94. The van der Waals surface area contributed by atoms with Crippen LogP contribution in [0.1, 0.15) is 19.0 Å². The molecule has 0 bridgehead atoms. The van der Waals surface area contributed by atoms with Gasteiger partial charge in [-0.1, -0.05) is 13.3 Å². The molecule has 18 heavy (non-hydrogen) atoms. The number of anilines is 1. The lowest BCUT2D eigenvalue weighted by atomic mass is 10.2. The molecule has 8 heteroatoms. The summed E-state index contributed by atoms with van der Waals surface area (Å²) in [5.74, 6) is 0.833. The molecule has 0 aromatic carbocycles. The first-order valence-corrected chi connectivity index (χ1v) is 7.44. The van der Waals surface area contributed by atoms with Crippen molar-refractivity contribution in [2.75, 3.05) is 23.9 Å². The first-order chi connectivity index (χ1) is 8.47. The SMILES string of the molecule is CCCc1nn(C)c(NCCS(C)=O)c1[N+](=O)[O-]. The lowest BCUT2D eigenvalue weighted by molar-refractivity contribution is -0.384. The van der Waals surface area contributed by atoms with Gasteiger partial charge in [0.05, 0.1) is 4.92 Å². The van der Waals surface area contributed by atoms with Crippen LogP contribution in [0.2, 0.25) is 0 Å². The summed E-state index contributed by atoms with van der Waals surface area (Å²) >= 11 is 0. The summed E-state index contributed by atoms with van der Waals surface area (Å²) in [4.78, 5) is 10.7. The predicted molar refractivity (Wildman–Crippen MR) is 71.3 cm³/mol. The third-order valence-electron chi connectivity index (χ3n) is 2.44. The minimum absolute atomic E-state index is 0.0289. The molecule has 1 heterocycles. The summed E-state index contributed by atoms with van der Waals surface area (Å²) in [6.07, 6.45) is 2.98. The average molecular weight is 274 g/mol. The van der Waals surface area contributed by atoms with Gasteiger partial charge in [-0.25, -0.2) is 4.68 Å². The monoisotopic (exact) mass is 274 g/mol. The van der Waals surface area contributed by atoms with E-state index in [-0.39, 0.29) is 5.69 Å². The van der Waals surface area contributed by atoms with Gasteiger partial charge in [-0.15, -0.1) is 0 Å². The van der Waals surface area contributed by atoms with Crippen LogP contribution in [0.15, 0.2) is 0 Å². The number of rotatable bonds is 7. The van der Waals surface area contributed by atoms with E-state index in [1.165, 1.54) is 4.68 Å². The van der Waals surface area contributed by atoms with Gasteiger partial charge in [-0.05, 0) is 6.42 Å². The molecule has 0 fully saturated rings. The summed E-state index contributed by atoms with van der Waals surface area (Å²) < 4.78 is 12.4. The van der Waals surface area contributed by atoms with Crippen molar-refractivity contribution in [1.82, 2.24) is 9.78 Å². The van der Waals surface area contributed by atoms with Crippen LogP contribution in [-0.4, -0.2) is 37.5 Å². The summed E-state index contributed by atoms with van der Waals surface area (Å²) in [5, 5.41) is 18.2. The van der Waals surface area contributed by atoms with Crippen LogP contribution in [0.25, 0.3) is 0 Å². The quantitative estimate of drug-likeness (QED) is 0.593. The molecule has 1 aromatic heterocycles. The van der Waals surface area contributed by atoms with Crippen molar-refractivity contribution < 1.29 is 9.13 Å². The molecule has 0 aliphatic carbocycles. The topological polar surface area (TPSA) is 90.1 Å². The molecule has 1 aromatic rings. The standard InChI is InChI=1S/C10H18N4O3S/c1-4-5-8-9(14(15)16)10(13(2)12-8)11-6-7-18(3)17/h11H,4-7H2,1-3H3. The van der Waals surface area contributed by atoms with Gasteiger partial charge in [-0.2, -0.15) is 5.10 Å². The normalized spacial score (nSPS) is 12.4. The fraction of sp³-hybridized carbons (Fsp3) is 0.700. The molecule has 7 nitrogen and oxygen atoms in total. The van der Waals surface area contributed by atoms with Crippen molar-refractivity contribution in [3.63, 3.8) is 0 Å². The molecule has 1 rings (SSSR count). The lowest BCUT2D eigenvalue weighted by Crippen LogP contribution is -2.13. The van der Waals surface area contributed by atoms with Gasteiger partial charge in [0.1, 0.15) is 5.69 Å². The van der Waals surface area contributed by atoms with Gasteiger partial charge in [-0.3, -0.25) is 14.3 Å². The second-order valence-electron chi connectivity index (χ2n) is 3.98. The maximum Gasteiger partial charge on any atom is 0.333 e. The smallest absolute Gasteiger partial charge is 0.333 e. The second kappa shape index (κ2) is 6.48.